The number of urea groups is 1. The average molecular weight is 302 g/mol. The van der Waals surface area contributed by atoms with Gasteiger partial charge in [-0.3, -0.25) is 4.79 Å². The quantitative estimate of drug-likeness (QED) is 0.821. The van der Waals surface area contributed by atoms with E-state index in [0.29, 0.717) is 6.07 Å². The molecular formula is C13H13F3N2O3. The van der Waals surface area contributed by atoms with E-state index in [-0.39, 0.29) is 19.0 Å². The zero-order valence-corrected chi connectivity index (χ0v) is 10.9. The van der Waals surface area contributed by atoms with Crippen molar-refractivity contribution in [2.75, 3.05) is 11.9 Å². The molecule has 0 unspecified atom stereocenters. The number of aliphatic carboxylic acids is 1. The van der Waals surface area contributed by atoms with Crippen LogP contribution in [0.4, 0.5) is 23.7 Å². The van der Waals surface area contributed by atoms with E-state index in [0.717, 1.165) is 18.9 Å². The van der Waals surface area contributed by atoms with Crippen LogP contribution < -0.4 is 5.32 Å². The molecule has 0 atom stereocenters. The predicted molar refractivity (Wildman–Crippen MR) is 67.3 cm³/mol. The number of carbonyl (C=O) groups excluding carboxylic acids is 1. The molecule has 1 aliphatic carbocycles. The molecule has 0 bridgehead atoms. The summed E-state index contributed by atoms with van der Waals surface area (Å²) in [5.74, 6) is -5.57. The summed E-state index contributed by atoms with van der Waals surface area (Å²) in [7, 11) is 0. The van der Waals surface area contributed by atoms with Crippen molar-refractivity contribution in [3.63, 3.8) is 0 Å². The van der Waals surface area contributed by atoms with Crippen LogP contribution in [0.5, 0.6) is 0 Å². The number of hydrogen-bond donors (Lipinski definition) is 2. The Kier molecular flexibility index (Phi) is 4.35. The molecule has 114 valence electrons. The van der Waals surface area contributed by atoms with Crippen molar-refractivity contribution >= 4 is 17.7 Å². The number of nitrogens with zero attached hydrogens (tertiary/aromatic N) is 1. The Labute approximate surface area is 118 Å². The number of hydrogen-bond acceptors (Lipinski definition) is 2. The van der Waals surface area contributed by atoms with Crippen molar-refractivity contribution in [2.45, 2.75) is 25.3 Å². The maximum atomic E-state index is 13.5. The molecule has 0 heterocycles. The molecule has 5 nitrogen and oxygen atoms in total. The lowest BCUT2D eigenvalue weighted by Crippen LogP contribution is -2.38. The van der Waals surface area contributed by atoms with Crippen LogP contribution in [0.25, 0.3) is 0 Å². The Bertz CT molecular complexity index is 576. The average Bonchev–Trinajstić information content (AvgIpc) is 3.24. The molecule has 1 saturated carbocycles. The summed E-state index contributed by atoms with van der Waals surface area (Å²) in [4.78, 5) is 23.8. The minimum absolute atomic E-state index is 0.0306. The molecule has 0 saturated heterocycles. The predicted octanol–water partition coefficient (Wildman–Crippen LogP) is 2.57. The molecule has 2 rings (SSSR count). The fourth-order valence-electron chi connectivity index (χ4n) is 1.86. The molecular weight excluding hydrogens is 289 g/mol. The van der Waals surface area contributed by atoms with Crippen LogP contribution in [0.1, 0.15) is 19.3 Å². The molecule has 1 aliphatic rings. The lowest BCUT2D eigenvalue weighted by molar-refractivity contribution is -0.137. The zero-order valence-electron chi connectivity index (χ0n) is 10.9. The van der Waals surface area contributed by atoms with Crippen molar-refractivity contribution in [1.29, 1.82) is 0 Å². The second-order valence-electron chi connectivity index (χ2n) is 4.72. The Morgan fingerprint density at radius 2 is 1.90 bits per heavy atom. The standard InChI is InChI=1S/C13H13F3N2O3/c14-8-3-4-9(12(16)11(8)15)17-13(21)18(7-1-2-7)6-5-10(19)20/h3-4,7H,1-2,5-6H2,(H,17,21)(H,19,20). The second-order valence-corrected chi connectivity index (χ2v) is 4.72. The second kappa shape index (κ2) is 6.02. The van der Waals surface area contributed by atoms with E-state index >= 15 is 0 Å². The van der Waals surface area contributed by atoms with E-state index in [1.807, 2.05) is 0 Å². The molecule has 0 aliphatic heterocycles. The fraction of sp³-hybridized carbons (Fsp3) is 0.385. The first-order valence-electron chi connectivity index (χ1n) is 6.33. The van der Waals surface area contributed by atoms with Gasteiger partial charge >= 0.3 is 12.0 Å². The number of nitrogens with one attached hydrogen (secondary N) is 1. The zero-order chi connectivity index (χ0) is 15.6. The van der Waals surface area contributed by atoms with E-state index in [9.17, 15) is 22.8 Å². The highest BCUT2D eigenvalue weighted by Crippen LogP contribution is 2.28. The molecule has 0 radical (unpaired) electrons. The molecule has 1 aromatic rings. The van der Waals surface area contributed by atoms with Crippen LogP contribution in [-0.2, 0) is 4.79 Å². The summed E-state index contributed by atoms with van der Waals surface area (Å²) in [6.45, 7) is -0.0306. The van der Waals surface area contributed by atoms with Crippen molar-refractivity contribution < 1.29 is 27.9 Å². The van der Waals surface area contributed by atoms with Crippen LogP contribution in [-0.4, -0.2) is 34.6 Å². The molecule has 8 heteroatoms. The summed E-state index contributed by atoms with van der Waals surface area (Å²) >= 11 is 0. The largest absolute Gasteiger partial charge is 0.481 e. The number of rotatable bonds is 5. The van der Waals surface area contributed by atoms with Gasteiger partial charge in [0.15, 0.2) is 17.5 Å². The van der Waals surface area contributed by atoms with Crippen LogP contribution in [0, 0.1) is 17.5 Å². The van der Waals surface area contributed by atoms with E-state index in [1.54, 1.807) is 0 Å². The molecule has 21 heavy (non-hydrogen) atoms. The highest BCUT2D eigenvalue weighted by Gasteiger charge is 2.33. The van der Waals surface area contributed by atoms with Crippen molar-refractivity contribution in [2.24, 2.45) is 0 Å². The van der Waals surface area contributed by atoms with E-state index < -0.39 is 35.1 Å². The first-order chi connectivity index (χ1) is 9.90. The van der Waals surface area contributed by atoms with Gasteiger partial charge in [-0.15, -0.1) is 0 Å². The lowest BCUT2D eigenvalue weighted by Gasteiger charge is -2.22. The summed E-state index contributed by atoms with van der Waals surface area (Å²) in [6.07, 6.45) is 1.21. The smallest absolute Gasteiger partial charge is 0.322 e. The van der Waals surface area contributed by atoms with Crippen LogP contribution in [0.15, 0.2) is 12.1 Å². The molecule has 0 aromatic heterocycles. The van der Waals surface area contributed by atoms with Crippen LogP contribution in [0.3, 0.4) is 0 Å². The maximum absolute atomic E-state index is 13.5. The lowest BCUT2D eigenvalue weighted by atomic mass is 10.3. The third-order valence-electron chi connectivity index (χ3n) is 3.09. The van der Waals surface area contributed by atoms with Gasteiger partial charge in [0, 0.05) is 12.6 Å². The molecule has 1 aromatic carbocycles. The Morgan fingerprint density at radius 1 is 1.24 bits per heavy atom. The first-order valence-corrected chi connectivity index (χ1v) is 6.33. The summed E-state index contributed by atoms with van der Waals surface area (Å²) in [5.41, 5.74) is -0.486. The van der Waals surface area contributed by atoms with E-state index in [1.165, 1.54) is 4.90 Å². The van der Waals surface area contributed by atoms with Crippen molar-refractivity contribution in [1.82, 2.24) is 4.90 Å². The minimum Gasteiger partial charge on any atom is -0.481 e. The first kappa shape index (κ1) is 15.1. The number of amides is 2. The van der Waals surface area contributed by atoms with Gasteiger partial charge in [-0.2, -0.15) is 0 Å². The molecule has 2 N–H and O–H groups in total. The van der Waals surface area contributed by atoms with Gasteiger partial charge in [-0.25, -0.2) is 18.0 Å². The van der Waals surface area contributed by atoms with E-state index in [2.05, 4.69) is 5.32 Å². The summed E-state index contributed by atoms with van der Waals surface area (Å²) < 4.78 is 39.3. The van der Waals surface area contributed by atoms with Gasteiger partial charge in [-0.1, -0.05) is 0 Å². The van der Waals surface area contributed by atoms with E-state index in [4.69, 9.17) is 5.11 Å². The molecule has 1 fully saturated rings. The van der Waals surface area contributed by atoms with Crippen molar-refractivity contribution in [3.8, 4) is 0 Å². The number of carboxylic acid groups (broad SMARTS) is 1. The SMILES string of the molecule is O=C(O)CCN(C(=O)Nc1ccc(F)c(F)c1F)C1CC1. The Morgan fingerprint density at radius 3 is 2.48 bits per heavy atom. The normalized spacial score (nSPS) is 13.9. The topological polar surface area (TPSA) is 69.6 Å². The summed E-state index contributed by atoms with van der Waals surface area (Å²) in [5, 5.41) is 10.8. The minimum atomic E-state index is -1.67. The Balaban J connectivity index is 2.08. The van der Waals surface area contributed by atoms with Gasteiger partial charge in [0.2, 0.25) is 0 Å². The fourth-order valence-corrected chi connectivity index (χ4v) is 1.86. The van der Waals surface area contributed by atoms with Gasteiger partial charge in [0.05, 0.1) is 12.1 Å². The molecule has 2 amide bonds. The van der Waals surface area contributed by atoms with Gasteiger partial charge in [-0.05, 0) is 25.0 Å². The van der Waals surface area contributed by atoms with Gasteiger partial charge in [0.25, 0.3) is 0 Å². The number of carboxylic acids is 1. The summed E-state index contributed by atoms with van der Waals surface area (Å²) in [6, 6.07) is 0.780. The maximum Gasteiger partial charge on any atom is 0.322 e. The highest BCUT2D eigenvalue weighted by atomic mass is 19.2. The number of carbonyl (C=O) groups is 2. The monoisotopic (exact) mass is 302 g/mol. The third-order valence-corrected chi connectivity index (χ3v) is 3.09. The molecule has 0 spiro atoms. The Hall–Kier alpha value is -2.25. The third kappa shape index (κ3) is 3.65. The number of benzene rings is 1. The van der Waals surface area contributed by atoms with Crippen molar-refractivity contribution in [3.05, 3.63) is 29.6 Å². The van der Waals surface area contributed by atoms with Gasteiger partial charge in [0.1, 0.15) is 0 Å². The van der Waals surface area contributed by atoms with Crippen LogP contribution in [0.2, 0.25) is 0 Å². The van der Waals surface area contributed by atoms with Crippen LogP contribution >= 0.6 is 0 Å². The number of anilines is 1. The van der Waals surface area contributed by atoms with Gasteiger partial charge < -0.3 is 15.3 Å². The highest BCUT2D eigenvalue weighted by molar-refractivity contribution is 5.90. The number of halogens is 3.